The summed E-state index contributed by atoms with van der Waals surface area (Å²) >= 11 is 5.98. The second kappa shape index (κ2) is 4.77. The van der Waals surface area contributed by atoms with Crippen LogP contribution in [0.2, 0.25) is 5.15 Å². The van der Waals surface area contributed by atoms with Gasteiger partial charge >= 0.3 is 0 Å². The molecule has 1 fully saturated rings. The van der Waals surface area contributed by atoms with E-state index >= 15 is 0 Å². The number of hydrogen-bond acceptors (Lipinski definition) is 5. The van der Waals surface area contributed by atoms with E-state index in [0.717, 1.165) is 0 Å². The van der Waals surface area contributed by atoms with E-state index < -0.39 is 11.8 Å². The second-order valence-corrected chi connectivity index (χ2v) is 4.28. The van der Waals surface area contributed by atoms with Crippen molar-refractivity contribution in [3.05, 3.63) is 11.5 Å². The van der Waals surface area contributed by atoms with Gasteiger partial charge in [-0.15, -0.1) is 0 Å². The summed E-state index contributed by atoms with van der Waals surface area (Å²) in [7, 11) is 1.66. The summed E-state index contributed by atoms with van der Waals surface area (Å²) in [4.78, 5) is 32.2. The summed E-state index contributed by atoms with van der Waals surface area (Å²) in [6.07, 6.45) is 1.38. The average Bonchev–Trinajstić information content (AvgIpc) is 2.71. The molecule has 1 aromatic heterocycles. The Morgan fingerprint density at radius 2 is 2.33 bits per heavy atom. The fourth-order valence-corrected chi connectivity index (χ4v) is 2.13. The molecule has 2 heterocycles. The summed E-state index contributed by atoms with van der Waals surface area (Å²) in [6.45, 7) is 0.204. The number of carbonyl (C=O) groups excluding carboxylic acids is 2. The highest BCUT2D eigenvalue weighted by Gasteiger charge is 2.36. The molecule has 0 aliphatic carbocycles. The van der Waals surface area contributed by atoms with Gasteiger partial charge in [-0.3, -0.25) is 9.59 Å². The van der Waals surface area contributed by atoms with Crippen LogP contribution < -0.4 is 16.0 Å². The standard InChI is InChI=1S/C10H12ClN5O2/c1-13-10-7(8(11)14-4-15-10)16-3-5(9(12)18)2-6(16)17/h4-5H,2-3H2,1H3,(H2,12,18)(H,13,14,15). The number of aromatic nitrogens is 2. The van der Waals surface area contributed by atoms with Crippen molar-refractivity contribution >= 4 is 34.9 Å². The third-order valence-electron chi connectivity index (χ3n) is 2.81. The molecule has 2 rings (SSSR count). The van der Waals surface area contributed by atoms with E-state index in [1.54, 1.807) is 7.05 Å². The molecule has 1 aliphatic heterocycles. The minimum absolute atomic E-state index is 0.0870. The first-order chi connectivity index (χ1) is 8.54. The number of halogens is 1. The number of rotatable bonds is 3. The normalized spacial score (nSPS) is 19.1. The molecule has 3 N–H and O–H groups in total. The number of nitrogens with zero attached hydrogens (tertiary/aromatic N) is 3. The predicted molar refractivity (Wildman–Crippen MR) is 66.2 cm³/mol. The molecule has 7 nitrogen and oxygen atoms in total. The highest BCUT2D eigenvalue weighted by Crippen LogP contribution is 2.34. The number of primary amides is 1. The van der Waals surface area contributed by atoms with Gasteiger partial charge in [0.1, 0.15) is 12.0 Å². The monoisotopic (exact) mass is 269 g/mol. The zero-order chi connectivity index (χ0) is 13.3. The van der Waals surface area contributed by atoms with Crippen LogP contribution in [-0.4, -0.2) is 35.4 Å². The lowest BCUT2D eigenvalue weighted by Gasteiger charge is -2.19. The molecule has 0 saturated carbocycles. The van der Waals surface area contributed by atoms with Crippen molar-refractivity contribution in [3.8, 4) is 0 Å². The number of anilines is 2. The molecule has 18 heavy (non-hydrogen) atoms. The smallest absolute Gasteiger partial charge is 0.228 e. The van der Waals surface area contributed by atoms with E-state index in [1.807, 2.05) is 0 Å². The predicted octanol–water partition coefficient (Wildman–Crippen LogP) is 0.00990. The fourth-order valence-electron chi connectivity index (χ4n) is 1.89. The van der Waals surface area contributed by atoms with Gasteiger partial charge in [-0.1, -0.05) is 11.6 Å². The van der Waals surface area contributed by atoms with Crippen molar-refractivity contribution in [1.29, 1.82) is 0 Å². The van der Waals surface area contributed by atoms with Gasteiger partial charge in [-0.2, -0.15) is 0 Å². The molecule has 1 aromatic rings. The lowest BCUT2D eigenvalue weighted by atomic mass is 10.1. The van der Waals surface area contributed by atoms with E-state index in [4.69, 9.17) is 17.3 Å². The van der Waals surface area contributed by atoms with Crippen molar-refractivity contribution in [2.45, 2.75) is 6.42 Å². The van der Waals surface area contributed by atoms with Crippen LogP contribution in [0.4, 0.5) is 11.5 Å². The molecule has 1 saturated heterocycles. The minimum atomic E-state index is -0.501. The number of hydrogen-bond donors (Lipinski definition) is 2. The van der Waals surface area contributed by atoms with Gasteiger partial charge in [0, 0.05) is 20.0 Å². The van der Waals surface area contributed by atoms with E-state index in [0.29, 0.717) is 11.5 Å². The first kappa shape index (κ1) is 12.6. The average molecular weight is 270 g/mol. The Labute approximate surface area is 108 Å². The van der Waals surface area contributed by atoms with Crippen molar-refractivity contribution < 1.29 is 9.59 Å². The van der Waals surface area contributed by atoms with Gasteiger partial charge < -0.3 is 16.0 Å². The van der Waals surface area contributed by atoms with Gasteiger partial charge in [0.25, 0.3) is 0 Å². The minimum Gasteiger partial charge on any atom is -0.371 e. The Morgan fingerprint density at radius 3 is 2.89 bits per heavy atom. The number of amides is 2. The van der Waals surface area contributed by atoms with Crippen LogP contribution in [0.3, 0.4) is 0 Å². The Kier molecular flexibility index (Phi) is 3.33. The molecule has 8 heteroatoms. The molecule has 0 bridgehead atoms. The summed E-state index contributed by atoms with van der Waals surface area (Å²) < 4.78 is 0. The summed E-state index contributed by atoms with van der Waals surface area (Å²) in [5.74, 6) is -0.774. The maximum Gasteiger partial charge on any atom is 0.228 e. The third kappa shape index (κ3) is 2.08. The zero-order valence-electron chi connectivity index (χ0n) is 9.68. The first-order valence-corrected chi connectivity index (χ1v) is 5.70. The van der Waals surface area contributed by atoms with E-state index in [9.17, 15) is 9.59 Å². The van der Waals surface area contributed by atoms with E-state index in [2.05, 4.69) is 15.3 Å². The molecule has 0 spiro atoms. The Hall–Kier alpha value is -1.89. The SMILES string of the molecule is CNc1ncnc(Cl)c1N1CC(C(N)=O)CC1=O. The topological polar surface area (TPSA) is 101 Å². The fraction of sp³-hybridized carbons (Fsp3) is 0.400. The van der Waals surface area contributed by atoms with Crippen LogP contribution in [0.25, 0.3) is 0 Å². The highest BCUT2D eigenvalue weighted by atomic mass is 35.5. The van der Waals surface area contributed by atoms with Crippen molar-refractivity contribution in [2.75, 3.05) is 23.8 Å². The largest absolute Gasteiger partial charge is 0.371 e. The molecule has 1 atom stereocenters. The summed E-state index contributed by atoms with van der Waals surface area (Å²) in [5.41, 5.74) is 5.60. The van der Waals surface area contributed by atoms with Crippen molar-refractivity contribution in [3.63, 3.8) is 0 Å². The molecule has 0 radical (unpaired) electrons. The van der Waals surface area contributed by atoms with Gasteiger partial charge in [0.05, 0.1) is 5.92 Å². The molecular weight excluding hydrogens is 258 g/mol. The van der Waals surface area contributed by atoms with Crippen LogP contribution in [0.15, 0.2) is 6.33 Å². The lowest BCUT2D eigenvalue weighted by Crippen LogP contribution is -2.29. The molecular formula is C10H12ClN5O2. The number of nitrogens with one attached hydrogen (secondary N) is 1. The Bertz CT molecular complexity index is 507. The maximum atomic E-state index is 11.9. The number of carbonyl (C=O) groups is 2. The molecule has 1 unspecified atom stereocenters. The van der Waals surface area contributed by atoms with E-state index in [1.165, 1.54) is 11.2 Å². The molecule has 0 aromatic carbocycles. The molecule has 1 aliphatic rings. The first-order valence-electron chi connectivity index (χ1n) is 5.32. The Balaban J connectivity index is 2.38. The Morgan fingerprint density at radius 1 is 1.61 bits per heavy atom. The highest BCUT2D eigenvalue weighted by molar-refractivity contribution is 6.33. The summed E-state index contributed by atoms with van der Waals surface area (Å²) in [6, 6.07) is 0. The van der Waals surface area contributed by atoms with E-state index in [-0.39, 0.29) is 24.0 Å². The van der Waals surface area contributed by atoms with Crippen LogP contribution in [0.5, 0.6) is 0 Å². The van der Waals surface area contributed by atoms with Gasteiger partial charge in [-0.25, -0.2) is 9.97 Å². The number of nitrogens with two attached hydrogens (primary N) is 1. The summed E-state index contributed by atoms with van der Waals surface area (Å²) in [5, 5.41) is 2.99. The van der Waals surface area contributed by atoms with Crippen LogP contribution in [0.1, 0.15) is 6.42 Å². The van der Waals surface area contributed by atoms with Gasteiger partial charge in [0.2, 0.25) is 11.8 Å². The van der Waals surface area contributed by atoms with Crippen LogP contribution >= 0.6 is 11.6 Å². The zero-order valence-corrected chi connectivity index (χ0v) is 10.4. The molecule has 2 amide bonds. The van der Waals surface area contributed by atoms with Crippen LogP contribution in [0, 0.1) is 5.92 Å². The van der Waals surface area contributed by atoms with Gasteiger partial charge in [0.15, 0.2) is 11.0 Å². The molecule has 96 valence electrons. The van der Waals surface area contributed by atoms with Gasteiger partial charge in [-0.05, 0) is 0 Å². The van der Waals surface area contributed by atoms with Crippen LogP contribution in [-0.2, 0) is 9.59 Å². The van der Waals surface area contributed by atoms with Crippen molar-refractivity contribution in [2.24, 2.45) is 11.7 Å². The third-order valence-corrected chi connectivity index (χ3v) is 3.09. The quantitative estimate of drug-likeness (QED) is 0.753. The maximum absolute atomic E-state index is 11.9. The lowest BCUT2D eigenvalue weighted by molar-refractivity contribution is -0.123. The second-order valence-electron chi connectivity index (χ2n) is 3.92. The van der Waals surface area contributed by atoms with Crippen molar-refractivity contribution in [1.82, 2.24) is 9.97 Å².